The Morgan fingerprint density at radius 3 is 2.75 bits per heavy atom. The lowest BCUT2D eigenvalue weighted by Crippen LogP contribution is -2.71. The zero-order chi connectivity index (χ0) is 25.8. The minimum atomic E-state index is -1.23. The number of carboxylic acid groups (broad SMARTS) is 1. The predicted octanol–water partition coefficient (Wildman–Crippen LogP) is 2.46. The van der Waals surface area contributed by atoms with Crippen LogP contribution in [0, 0.1) is 0 Å². The zero-order valence-corrected chi connectivity index (χ0v) is 21.5. The molecule has 0 saturated carbocycles. The molecule has 0 aliphatic carbocycles. The fourth-order valence-electron chi connectivity index (χ4n) is 3.81. The Balaban J connectivity index is 1.55. The molecule has 2 amide bonds. The molecule has 1 fully saturated rings. The van der Waals surface area contributed by atoms with Crippen LogP contribution in [0.4, 0.5) is 0 Å². The number of fused-ring (bicyclic) bond motifs is 1. The van der Waals surface area contributed by atoms with Gasteiger partial charge in [0.1, 0.15) is 17.1 Å². The molecule has 2 aliphatic heterocycles. The highest BCUT2D eigenvalue weighted by Crippen LogP contribution is 2.46. The number of amides is 2. The quantitative estimate of drug-likeness (QED) is 0.121. The van der Waals surface area contributed by atoms with E-state index in [1.54, 1.807) is 60.6 Å². The number of nitrogens with zero attached hydrogens (tertiary/aromatic N) is 3. The molecule has 0 bridgehead atoms. The van der Waals surface area contributed by atoms with Crippen molar-refractivity contribution in [2.75, 3.05) is 11.5 Å². The summed E-state index contributed by atoms with van der Waals surface area (Å²) in [7, 11) is 0. The fraction of sp³-hybridized carbons (Fsp3) is 0.261. The summed E-state index contributed by atoms with van der Waals surface area (Å²) >= 11 is 4.15. The molecule has 1 aromatic carbocycles. The number of aliphatic carboxylic acids is 1. The Hall–Kier alpha value is -3.00. The lowest BCUT2D eigenvalue weighted by Gasteiger charge is -2.49. The number of thioether (sulfide) groups is 3. The van der Waals surface area contributed by atoms with Crippen LogP contribution in [0.25, 0.3) is 0 Å². The van der Waals surface area contributed by atoms with Gasteiger partial charge in [0, 0.05) is 39.1 Å². The third-order valence-corrected chi connectivity index (χ3v) is 9.07. The van der Waals surface area contributed by atoms with Crippen molar-refractivity contribution in [2.45, 2.75) is 28.6 Å². The van der Waals surface area contributed by atoms with Crippen molar-refractivity contribution in [1.82, 2.24) is 15.2 Å². The second kappa shape index (κ2) is 11.4. The van der Waals surface area contributed by atoms with Gasteiger partial charge in [0.05, 0.1) is 5.37 Å². The van der Waals surface area contributed by atoms with Crippen molar-refractivity contribution in [3.63, 3.8) is 0 Å². The Kier molecular flexibility index (Phi) is 8.24. The first-order chi connectivity index (χ1) is 17.4. The van der Waals surface area contributed by atoms with E-state index in [4.69, 9.17) is 5.73 Å². The number of rotatable bonds is 9. The average Bonchev–Trinajstić information content (AvgIpc) is 2.88. The normalized spacial score (nSPS) is 20.4. The molecule has 2 aliphatic rings. The third kappa shape index (κ3) is 5.09. The van der Waals surface area contributed by atoms with Gasteiger partial charge in [-0.05, 0) is 11.8 Å². The van der Waals surface area contributed by atoms with E-state index >= 15 is 0 Å². The first kappa shape index (κ1) is 26.1. The van der Waals surface area contributed by atoms with E-state index < -0.39 is 29.2 Å². The fourth-order valence-corrected chi connectivity index (χ4v) is 7.22. The van der Waals surface area contributed by atoms with Crippen LogP contribution in [-0.4, -0.2) is 66.6 Å². The summed E-state index contributed by atoms with van der Waals surface area (Å²) in [5.74, 6) is -1.37. The Labute approximate surface area is 219 Å². The number of carbonyl (C=O) groups excluding carboxylic acids is 2. The maximum atomic E-state index is 13.0. The zero-order valence-electron chi connectivity index (χ0n) is 19.0. The number of hydrogen-bond donors (Lipinski definition) is 4. The number of aromatic nitrogens is 1. The van der Waals surface area contributed by atoms with Gasteiger partial charge < -0.3 is 21.4 Å². The number of hydrogen-bond acceptors (Lipinski definition) is 10. The summed E-state index contributed by atoms with van der Waals surface area (Å²) in [5.41, 5.74) is 7.09. The van der Waals surface area contributed by atoms with Gasteiger partial charge in [-0.2, -0.15) is 0 Å². The molecule has 36 heavy (non-hydrogen) atoms. The minimum Gasteiger partial charge on any atom is -0.477 e. The van der Waals surface area contributed by atoms with Gasteiger partial charge in [0.2, 0.25) is 0 Å². The highest BCUT2D eigenvalue weighted by molar-refractivity contribution is 8.06. The molecule has 188 valence electrons. The van der Waals surface area contributed by atoms with Crippen molar-refractivity contribution in [2.24, 2.45) is 10.9 Å². The molecule has 4 rings (SSSR count). The Morgan fingerprint density at radius 1 is 1.33 bits per heavy atom. The van der Waals surface area contributed by atoms with Gasteiger partial charge in [0.15, 0.2) is 5.71 Å². The van der Waals surface area contributed by atoms with E-state index in [0.717, 1.165) is 16.2 Å². The van der Waals surface area contributed by atoms with Crippen LogP contribution in [0.2, 0.25) is 0 Å². The van der Waals surface area contributed by atoms with E-state index in [9.17, 15) is 24.7 Å². The van der Waals surface area contributed by atoms with E-state index in [0.29, 0.717) is 16.2 Å². The summed E-state index contributed by atoms with van der Waals surface area (Å²) in [6.07, 6.45) is 3.28. The highest BCUT2D eigenvalue weighted by atomic mass is 32.2. The monoisotopic (exact) mass is 545 g/mol. The lowest BCUT2D eigenvalue weighted by atomic mass is 10.0. The maximum Gasteiger partial charge on any atom is 0.353 e. The number of nitrogens with one attached hydrogen (secondary N) is 1. The maximum absolute atomic E-state index is 13.0. The van der Waals surface area contributed by atoms with Crippen molar-refractivity contribution < 1.29 is 24.7 Å². The second-order valence-corrected chi connectivity index (χ2v) is 11.3. The van der Waals surface area contributed by atoms with Gasteiger partial charge in [-0.25, -0.2) is 4.79 Å². The number of carbonyl (C=O) groups is 3. The summed E-state index contributed by atoms with van der Waals surface area (Å²) < 4.78 is 0. The number of oxime groups is 1. The van der Waals surface area contributed by atoms with Gasteiger partial charge in [-0.1, -0.05) is 54.2 Å². The molecule has 0 spiro atoms. The van der Waals surface area contributed by atoms with Crippen LogP contribution < -0.4 is 11.1 Å². The van der Waals surface area contributed by atoms with E-state index in [1.807, 2.05) is 6.92 Å². The van der Waals surface area contributed by atoms with Crippen LogP contribution >= 0.6 is 35.3 Å². The molecule has 10 nitrogen and oxygen atoms in total. The van der Waals surface area contributed by atoms with E-state index in [2.05, 4.69) is 15.5 Å². The van der Waals surface area contributed by atoms with Crippen molar-refractivity contribution in [3.05, 3.63) is 70.5 Å². The molecule has 1 unspecified atom stereocenters. The molecule has 13 heteroatoms. The van der Waals surface area contributed by atoms with Crippen LogP contribution in [0.3, 0.4) is 0 Å². The van der Waals surface area contributed by atoms with Crippen molar-refractivity contribution in [1.29, 1.82) is 0 Å². The largest absolute Gasteiger partial charge is 0.477 e. The molecule has 5 N–H and O–H groups in total. The molecular formula is C23H23N5O5S3. The van der Waals surface area contributed by atoms with Gasteiger partial charge in [-0.15, -0.1) is 23.5 Å². The number of carboxylic acids is 1. The third-order valence-electron chi connectivity index (χ3n) is 5.48. The first-order valence-electron chi connectivity index (χ1n) is 10.9. The first-order valence-corrected chi connectivity index (χ1v) is 13.8. The van der Waals surface area contributed by atoms with Gasteiger partial charge in [-0.3, -0.25) is 19.5 Å². The smallest absolute Gasteiger partial charge is 0.353 e. The van der Waals surface area contributed by atoms with Crippen LogP contribution in [-0.2, 0) is 14.4 Å². The highest BCUT2D eigenvalue weighted by Gasteiger charge is 2.54. The van der Waals surface area contributed by atoms with Crippen molar-refractivity contribution >= 4 is 58.8 Å². The van der Waals surface area contributed by atoms with Crippen molar-refractivity contribution in [3.8, 4) is 0 Å². The second-order valence-electron chi connectivity index (χ2n) is 7.64. The molecule has 1 aromatic heterocycles. The number of pyridine rings is 1. The van der Waals surface area contributed by atoms with Crippen LogP contribution in [0.1, 0.15) is 23.4 Å². The van der Waals surface area contributed by atoms with E-state index in [1.165, 1.54) is 28.4 Å². The van der Waals surface area contributed by atoms with Gasteiger partial charge >= 0.3 is 5.97 Å². The Morgan fingerprint density at radius 2 is 2.08 bits per heavy atom. The predicted molar refractivity (Wildman–Crippen MR) is 140 cm³/mol. The summed E-state index contributed by atoms with van der Waals surface area (Å²) in [6.45, 7) is 2.00. The number of β-lactam (4-membered cyclic amide) rings is 1. The molecular weight excluding hydrogens is 522 g/mol. The van der Waals surface area contributed by atoms with Gasteiger partial charge in [0.25, 0.3) is 11.8 Å². The molecule has 0 radical (unpaired) electrons. The SMILES string of the molecule is CCSC(N)c1cnccc1SC1=C(C(=O)O)N2C(=O)[C@@H](NC(=O)/C(=N\O)c3ccccc3)[C@@H]2SC1. The molecule has 3 heterocycles. The summed E-state index contributed by atoms with van der Waals surface area (Å²) in [4.78, 5) is 44.6. The molecule has 3 atom stereocenters. The minimum absolute atomic E-state index is 0.113. The standard InChI is InChI=1S/C23H23N5O5S3/c1-2-34-19(24)13-10-25-9-8-14(13)36-15-11-35-22-17(21(30)28(22)18(15)23(31)32)26-20(29)16(27-33)12-6-4-3-5-7-12/h3-10,17,19,22,33H,2,11,24H2,1H3,(H,26,29)(H,31,32)/b27-16-/t17-,19?,22+/m1/s1. The molecule has 1 saturated heterocycles. The summed E-state index contributed by atoms with van der Waals surface area (Å²) in [6, 6.07) is 9.16. The van der Waals surface area contributed by atoms with Crippen LogP contribution in [0.15, 0.2) is 69.4 Å². The Bertz CT molecular complexity index is 1240. The van der Waals surface area contributed by atoms with Crippen LogP contribution in [0.5, 0.6) is 0 Å². The lowest BCUT2D eigenvalue weighted by molar-refractivity contribution is -0.150. The summed E-state index contributed by atoms with van der Waals surface area (Å²) in [5, 5.41) is 24.1. The number of nitrogens with two attached hydrogens (primary N) is 1. The topological polar surface area (TPSA) is 158 Å². The molecule has 2 aromatic rings. The van der Waals surface area contributed by atoms with E-state index in [-0.39, 0.29) is 16.8 Å². The average molecular weight is 546 g/mol. The number of benzene rings is 1.